The summed E-state index contributed by atoms with van der Waals surface area (Å²) in [6.45, 7) is 6.31. The quantitative estimate of drug-likeness (QED) is 0.566. The fourth-order valence-corrected chi connectivity index (χ4v) is 2.98. The maximum Gasteiger partial charge on any atom is 0.331 e. The van der Waals surface area contributed by atoms with Gasteiger partial charge in [-0.15, -0.1) is 0 Å². The van der Waals surface area contributed by atoms with Crippen LogP contribution in [0, 0.1) is 0 Å². The van der Waals surface area contributed by atoms with Crippen molar-refractivity contribution in [3.63, 3.8) is 0 Å². The monoisotopic (exact) mass is 354 g/mol. The highest BCUT2D eigenvalue weighted by Crippen LogP contribution is 2.31. The molecule has 1 fully saturated rings. The van der Waals surface area contributed by atoms with E-state index in [-0.39, 0.29) is 12.3 Å². The molecule has 4 heteroatoms. The van der Waals surface area contributed by atoms with Gasteiger partial charge in [-0.25, -0.2) is 4.79 Å². The lowest BCUT2D eigenvalue weighted by atomic mass is 10.0. The molecule has 0 N–H and O–H groups in total. The van der Waals surface area contributed by atoms with Gasteiger partial charge in [0, 0.05) is 17.9 Å². The van der Waals surface area contributed by atoms with E-state index < -0.39 is 5.60 Å². The van der Waals surface area contributed by atoms with Crippen molar-refractivity contribution in [1.82, 2.24) is 0 Å². The van der Waals surface area contributed by atoms with Gasteiger partial charge < -0.3 is 14.2 Å². The summed E-state index contributed by atoms with van der Waals surface area (Å²) in [6, 6.07) is 11.9. The molecule has 26 heavy (non-hydrogen) atoms. The SMILES string of the molecule is CC(C)(C)OC(=O)/C=C/c1ccc(OC2CCCCO2)c2ccccc12. The Balaban J connectivity index is 1.84. The van der Waals surface area contributed by atoms with Gasteiger partial charge in [0.15, 0.2) is 6.29 Å². The largest absolute Gasteiger partial charge is 0.464 e. The molecule has 0 amide bonds. The Morgan fingerprint density at radius 2 is 1.88 bits per heavy atom. The third-order valence-electron chi connectivity index (χ3n) is 4.12. The second-order valence-corrected chi connectivity index (χ2v) is 7.48. The zero-order valence-electron chi connectivity index (χ0n) is 15.7. The van der Waals surface area contributed by atoms with E-state index in [2.05, 4.69) is 0 Å². The van der Waals surface area contributed by atoms with Gasteiger partial charge in [0.05, 0.1) is 6.61 Å². The molecule has 1 heterocycles. The molecule has 1 aliphatic heterocycles. The highest BCUT2D eigenvalue weighted by Gasteiger charge is 2.17. The Labute approximate surface area is 154 Å². The van der Waals surface area contributed by atoms with E-state index in [0.717, 1.165) is 48.0 Å². The van der Waals surface area contributed by atoms with Gasteiger partial charge >= 0.3 is 5.97 Å². The fourth-order valence-electron chi connectivity index (χ4n) is 2.98. The maximum absolute atomic E-state index is 11.9. The number of rotatable bonds is 4. The molecule has 0 aliphatic carbocycles. The van der Waals surface area contributed by atoms with Crippen molar-refractivity contribution in [3.05, 3.63) is 48.0 Å². The van der Waals surface area contributed by atoms with Crippen LogP contribution in [-0.2, 0) is 14.3 Å². The van der Waals surface area contributed by atoms with Gasteiger partial charge in [0.2, 0.25) is 0 Å². The molecule has 1 unspecified atom stereocenters. The number of hydrogen-bond acceptors (Lipinski definition) is 4. The zero-order chi connectivity index (χ0) is 18.6. The highest BCUT2D eigenvalue weighted by atomic mass is 16.7. The van der Waals surface area contributed by atoms with E-state index >= 15 is 0 Å². The Bertz CT molecular complexity index is 795. The molecule has 138 valence electrons. The molecule has 2 aromatic carbocycles. The molecule has 0 radical (unpaired) electrons. The number of esters is 1. The first-order valence-corrected chi connectivity index (χ1v) is 9.13. The topological polar surface area (TPSA) is 44.8 Å². The summed E-state index contributed by atoms with van der Waals surface area (Å²) in [5, 5.41) is 2.04. The van der Waals surface area contributed by atoms with Crippen LogP contribution in [-0.4, -0.2) is 24.5 Å². The summed E-state index contributed by atoms with van der Waals surface area (Å²) in [6.07, 6.45) is 6.20. The Morgan fingerprint density at radius 1 is 1.12 bits per heavy atom. The molecule has 0 spiro atoms. The van der Waals surface area contributed by atoms with E-state index in [1.807, 2.05) is 57.2 Å². The molecule has 0 aromatic heterocycles. The van der Waals surface area contributed by atoms with Crippen LogP contribution in [0.1, 0.15) is 45.6 Å². The van der Waals surface area contributed by atoms with Gasteiger partial charge in [-0.1, -0.05) is 30.3 Å². The number of benzene rings is 2. The lowest BCUT2D eigenvalue weighted by molar-refractivity contribution is -0.148. The van der Waals surface area contributed by atoms with Gasteiger partial charge in [0.1, 0.15) is 11.4 Å². The molecular weight excluding hydrogens is 328 g/mol. The van der Waals surface area contributed by atoms with Crippen LogP contribution >= 0.6 is 0 Å². The molecule has 4 nitrogen and oxygen atoms in total. The van der Waals surface area contributed by atoms with Crippen LogP contribution in [0.3, 0.4) is 0 Å². The number of carbonyl (C=O) groups is 1. The third kappa shape index (κ3) is 4.85. The summed E-state index contributed by atoms with van der Waals surface area (Å²) in [5.41, 5.74) is 0.449. The molecule has 0 saturated carbocycles. The first-order valence-electron chi connectivity index (χ1n) is 9.13. The second-order valence-electron chi connectivity index (χ2n) is 7.48. The normalized spacial score (nSPS) is 18.2. The van der Waals surface area contributed by atoms with E-state index in [0.29, 0.717) is 0 Å². The van der Waals surface area contributed by atoms with Crippen LogP contribution in [0.4, 0.5) is 0 Å². The van der Waals surface area contributed by atoms with Crippen molar-refractivity contribution < 1.29 is 19.0 Å². The summed E-state index contributed by atoms with van der Waals surface area (Å²) in [4.78, 5) is 11.9. The second kappa shape index (κ2) is 7.92. The van der Waals surface area contributed by atoms with E-state index in [1.54, 1.807) is 6.08 Å². The van der Waals surface area contributed by atoms with E-state index in [4.69, 9.17) is 14.2 Å². The fraction of sp³-hybridized carbons (Fsp3) is 0.409. The smallest absolute Gasteiger partial charge is 0.331 e. The third-order valence-corrected chi connectivity index (χ3v) is 4.12. The van der Waals surface area contributed by atoms with E-state index in [1.165, 1.54) is 6.08 Å². The van der Waals surface area contributed by atoms with E-state index in [9.17, 15) is 4.79 Å². The molecule has 3 rings (SSSR count). The standard InChI is InChI=1S/C22H26O4/c1-22(2,3)26-20(23)14-12-16-11-13-19(18-9-5-4-8-17(16)18)25-21-10-6-7-15-24-21/h4-5,8-9,11-14,21H,6-7,10,15H2,1-3H3/b14-12+. The Hall–Kier alpha value is -2.33. The first kappa shape index (κ1) is 18.5. The van der Waals surface area contributed by atoms with Crippen LogP contribution in [0.25, 0.3) is 16.8 Å². The average molecular weight is 354 g/mol. The minimum Gasteiger partial charge on any atom is -0.464 e. The maximum atomic E-state index is 11.9. The molecule has 1 atom stereocenters. The first-order chi connectivity index (χ1) is 12.4. The zero-order valence-corrected chi connectivity index (χ0v) is 15.7. The minimum absolute atomic E-state index is 0.185. The molecule has 1 saturated heterocycles. The van der Waals surface area contributed by atoms with Gasteiger partial charge in [0.25, 0.3) is 0 Å². The van der Waals surface area contributed by atoms with Crippen molar-refractivity contribution in [2.75, 3.05) is 6.61 Å². The van der Waals surface area contributed by atoms with Crippen molar-refractivity contribution in [2.45, 2.75) is 51.9 Å². The van der Waals surface area contributed by atoms with Crippen molar-refractivity contribution in [2.24, 2.45) is 0 Å². The molecule has 2 aromatic rings. The summed E-state index contributed by atoms with van der Waals surface area (Å²) in [7, 11) is 0. The van der Waals surface area contributed by atoms with Gasteiger partial charge in [-0.3, -0.25) is 0 Å². The predicted molar refractivity (Wildman–Crippen MR) is 103 cm³/mol. The number of carbonyl (C=O) groups excluding carboxylic acids is 1. The van der Waals surface area contributed by atoms with Crippen LogP contribution < -0.4 is 4.74 Å². The van der Waals surface area contributed by atoms with Gasteiger partial charge in [-0.2, -0.15) is 0 Å². The summed E-state index contributed by atoms with van der Waals surface area (Å²) < 4.78 is 17.1. The Morgan fingerprint density at radius 3 is 2.58 bits per heavy atom. The molecule has 1 aliphatic rings. The lowest BCUT2D eigenvalue weighted by Gasteiger charge is -2.24. The summed E-state index contributed by atoms with van der Waals surface area (Å²) >= 11 is 0. The lowest BCUT2D eigenvalue weighted by Crippen LogP contribution is -2.25. The van der Waals surface area contributed by atoms with Crippen molar-refractivity contribution in [3.8, 4) is 5.75 Å². The van der Waals surface area contributed by atoms with Crippen LogP contribution in [0.15, 0.2) is 42.5 Å². The van der Waals surface area contributed by atoms with Crippen LogP contribution in [0.2, 0.25) is 0 Å². The number of ether oxygens (including phenoxy) is 3. The predicted octanol–water partition coefficient (Wildman–Crippen LogP) is 5.10. The molecule has 0 bridgehead atoms. The molecular formula is C22H26O4. The highest BCUT2D eigenvalue weighted by molar-refractivity contribution is 5.97. The average Bonchev–Trinajstić information content (AvgIpc) is 2.60. The number of hydrogen-bond donors (Lipinski definition) is 0. The Kier molecular flexibility index (Phi) is 5.62. The number of fused-ring (bicyclic) bond motifs is 1. The van der Waals surface area contributed by atoms with Crippen LogP contribution in [0.5, 0.6) is 5.75 Å². The van der Waals surface area contributed by atoms with Gasteiger partial charge in [-0.05, 0) is 56.7 Å². The van der Waals surface area contributed by atoms with Crippen molar-refractivity contribution >= 4 is 22.8 Å². The van der Waals surface area contributed by atoms with Crippen molar-refractivity contribution in [1.29, 1.82) is 0 Å². The summed E-state index contributed by atoms with van der Waals surface area (Å²) in [5.74, 6) is 0.458. The minimum atomic E-state index is -0.499.